The molecule has 0 saturated carbocycles. The van der Waals surface area contributed by atoms with Crippen LogP contribution in [0.15, 0.2) is 52.9 Å². The van der Waals surface area contributed by atoms with E-state index in [4.69, 9.17) is 5.11 Å². The average molecular weight is 270 g/mol. The summed E-state index contributed by atoms with van der Waals surface area (Å²) >= 11 is 0. The lowest BCUT2D eigenvalue weighted by Crippen LogP contribution is -2.11. The molecule has 102 valence electrons. The van der Waals surface area contributed by atoms with Crippen LogP contribution in [0.25, 0.3) is 10.8 Å². The summed E-state index contributed by atoms with van der Waals surface area (Å²) < 4.78 is 0. The first-order valence-corrected chi connectivity index (χ1v) is 6.04. The zero-order valence-electron chi connectivity index (χ0n) is 11.0. The Morgan fingerprint density at radius 2 is 2.05 bits per heavy atom. The van der Waals surface area contributed by atoms with Crippen LogP contribution in [0.5, 0.6) is 0 Å². The van der Waals surface area contributed by atoms with Crippen molar-refractivity contribution in [3.05, 3.63) is 64.1 Å². The molecule has 1 aromatic heterocycles. The largest absolute Gasteiger partial charge is 0.478 e. The second-order valence-corrected chi connectivity index (χ2v) is 4.51. The van der Waals surface area contributed by atoms with Crippen molar-refractivity contribution in [2.45, 2.75) is 13.3 Å². The van der Waals surface area contributed by atoms with Gasteiger partial charge in [0.05, 0.1) is 11.1 Å². The van der Waals surface area contributed by atoms with Gasteiger partial charge in [-0.05, 0) is 24.6 Å². The van der Waals surface area contributed by atoms with Crippen LogP contribution in [-0.4, -0.2) is 21.3 Å². The number of allylic oxidation sites excluding steroid dienone is 2. The lowest BCUT2D eigenvalue weighted by molar-refractivity contribution is -0.132. The quantitative estimate of drug-likeness (QED) is 0.658. The highest BCUT2D eigenvalue weighted by Crippen LogP contribution is 2.16. The number of nitrogens with one attached hydrogen (secondary N) is 1. The molecule has 2 aromatic rings. The van der Waals surface area contributed by atoms with E-state index in [0.717, 1.165) is 5.39 Å². The third-order valence-corrected chi connectivity index (χ3v) is 2.93. The molecule has 5 nitrogen and oxygen atoms in total. The molecule has 1 heterocycles. The van der Waals surface area contributed by atoms with E-state index < -0.39 is 5.97 Å². The Hall–Kier alpha value is -2.69. The molecule has 0 aliphatic carbocycles. The first kappa shape index (κ1) is 13.7. The summed E-state index contributed by atoms with van der Waals surface area (Å²) in [4.78, 5) is 22.4. The van der Waals surface area contributed by atoms with Gasteiger partial charge < -0.3 is 5.11 Å². The van der Waals surface area contributed by atoms with Gasteiger partial charge in [-0.3, -0.25) is 4.79 Å². The standard InChI is InChI=1S/C15H14N2O3/c1-9(7-10(2)15(19)20)8-13-11-5-3-4-6-12(11)14(18)17-16-13/h3-7H,1,8H2,2H3,(H,17,18)(H,19,20)/b10-7+. The molecule has 0 atom stereocenters. The van der Waals surface area contributed by atoms with E-state index in [1.54, 1.807) is 12.1 Å². The maximum atomic E-state index is 11.7. The highest BCUT2D eigenvalue weighted by atomic mass is 16.4. The number of carboxylic acid groups (broad SMARTS) is 1. The Labute approximate surface area is 115 Å². The molecule has 0 unspecified atom stereocenters. The number of fused-ring (bicyclic) bond motifs is 1. The lowest BCUT2D eigenvalue weighted by atomic mass is 10.0. The second-order valence-electron chi connectivity index (χ2n) is 4.51. The maximum Gasteiger partial charge on any atom is 0.331 e. The van der Waals surface area contributed by atoms with Crippen molar-refractivity contribution in [3.8, 4) is 0 Å². The van der Waals surface area contributed by atoms with E-state index in [9.17, 15) is 9.59 Å². The summed E-state index contributed by atoms with van der Waals surface area (Å²) in [6, 6.07) is 7.15. The Bertz CT molecular complexity index is 772. The fourth-order valence-corrected chi connectivity index (χ4v) is 1.94. The fourth-order valence-electron chi connectivity index (χ4n) is 1.94. The number of aromatic nitrogens is 2. The van der Waals surface area contributed by atoms with Crippen molar-refractivity contribution in [2.24, 2.45) is 0 Å². The Morgan fingerprint density at radius 1 is 1.40 bits per heavy atom. The van der Waals surface area contributed by atoms with E-state index >= 15 is 0 Å². The smallest absolute Gasteiger partial charge is 0.331 e. The van der Waals surface area contributed by atoms with Gasteiger partial charge in [0.15, 0.2) is 0 Å². The number of benzene rings is 1. The molecule has 1 aromatic carbocycles. The molecule has 0 bridgehead atoms. The van der Waals surface area contributed by atoms with Gasteiger partial charge in [-0.15, -0.1) is 0 Å². The Kier molecular flexibility index (Phi) is 3.79. The summed E-state index contributed by atoms with van der Waals surface area (Å²) in [6.07, 6.45) is 1.88. The van der Waals surface area contributed by atoms with E-state index in [-0.39, 0.29) is 11.1 Å². The van der Waals surface area contributed by atoms with Crippen molar-refractivity contribution in [3.63, 3.8) is 0 Å². The molecule has 5 heteroatoms. The summed E-state index contributed by atoms with van der Waals surface area (Å²) in [6.45, 7) is 5.34. The monoisotopic (exact) mass is 270 g/mol. The van der Waals surface area contributed by atoms with Gasteiger partial charge in [-0.2, -0.15) is 5.10 Å². The van der Waals surface area contributed by atoms with Crippen molar-refractivity contribution < 1.29 is 9.90 Å². The van der Waals surface area contributed by atoms with E-state index in [0.29, 0.717) is 23.1 Å². The Balaban J connectivity index is 2.38. The fraction of sp³-hybridized carbons (Fsp3) is 0.133. The first-order chi connectivity index (χ1) is 9.49. The number of aliphatic carboxylic acids is 1. The SMILES string of the molecule is C=C(/C=C(\C)C(=O)O)Cc1n[nH]c(=O)c2ccccc12. The lowest BCUT2D eigenvalue weighted by Gasteiger charge is -2.05. The number of hydrogen-bond donors (Lipinski definition) is 2. The molecule has 0 aliphatic rings. The predicted molar refractivity (Wildman–Crippen MR) is 76.6 cm³/mol. The van der Waals surface area contributed by atoms with Gasteiger partial charge in [-0.1, -0.05) is 24.8 Å². The van der Waals surface area contributed by atoms with Crippen LogP contribution in [-0.2, 0) is 11.2 Å². The maximum absolute atomic E-state index is 11.7. The third kappa shape index (κ3) is 2.83. The normalized spacial score (nSPS) is 11.6. The van der Waals surface area contributed by atoms with Crippen molar-refractivity contribution in [2.75, 3.05) is 0 Å². The average Bonchev–Trinajstić information content (AvgIpc) is 2.42. The zero-order valence-corrected chi connectivity index (χ0v) is 11.0. The van der Waals surface area contributed by atoms with Crippen LogP contribution in [0, 0.1) is 0 Å². The number of hydrogen-bond acceptors (Lipinski definition) is 3. The van der Waals surface area contributed by atoms with Gasteiger partial charge in [0.1, 0.15) is 0 Å². The zero-order chi connectivity index (χ0) is 14.7. The van der Waals surface area contributed by atoms with Crippen LogP contribution in [0.1, 0.15) is 12.6 Å². The van der Waals surface area contributed by atoms with Crippen LogP contribution in [0.4, 0.5) is 0 Å². The molecule has 0 aliphatic heterocycles. The molecule has 0 fully saturated rings. The summed E-state index contributed by atoms with van der Waals surface area (Å²) in [5.74, 6) is -0.981. The minimum absolute atomic E-state index is 0.212. The van der Waals surface area contributed by atoms with E-state index in [1.807, 2.05) is 12.1 Å². The molecule has 2 rings (SSSR count). The second kappa shape index (κ2) is 5.52. The minimum atomic E-state index is -0.981. The third-order valence-electron chi connectivity index (χ3n) is 2.93. The molecular formula is C15H14N2O3. The van der Waals surface area contributed by atoms with Gasteiger partial charge in [0, 0.05) is 17.4 Å². The molecular weight excluding hydrogens is 256 g/mol. The van der Waals surface area contributed by atoms with Crippen LogP contribution >= 0.6 is 0 Å². The molecule has 0 saturated heterocycles. The highest BCUT2D eigenvalue weighted by Gasteiger charge is 2.07. The Morgan fingerprint density at radius 3 is 2.70 bits per heavy atom. The van der Waals surface area contributed by atoms with Crippen molar-refractivity contribution >= 4 is 16.7 Å². The number of nitrogens with zero attached hydrogens (tertiary/aromatic N) is 1. The highest BCUT2D eigenvalue weighted by molar-refractivity contribution is 5.86. The molecule has 20 heavy (non-hydrogen) atoms. The van der Waals surface area contributed by atoms with Crippen LogP contribution < -0.4 is 5.56 Å². The molecule has 0 spiro atoms. The van der Waals surface area contributed by atoms with E-state index in [1.165, 1.54) is 13.0 Å². The van der Waals surface area contributed by atoms with Gasteiger partial charge in [-0.25, -0.2) is 9.89 Å². The minimum Gasteiger partial charge on any atom is -0.478 e. The number of aromatic amines is 1. The van der Waals surface area contributed by atoms with Gasteiger partial charge in [0.2, 0.25) is 0 Å². The molecule has 2 N–H and O–H groups in total. The van der Waals surface area contributed by atoms with Crippen LogP contribution in [0.3, 0.4) is 0 Å². The van der Waals surface area contributed by atoms with Gasteiger partial charge >= 0.3 is 5.97 Å². The van der Waals surface area contributed by atoms with Crippen molar-refractivity contribution in [1.82, 2.24) is 10.2 Å². The number of rotatable bonds is 4. The summed E-state index contributed by atoms with van der Waals surface area (Å²) in [7, 11) is 0. The number of H-pyrrole nitrogens is 1. The molecule has 0 radical (unpaired) electrons. The first-order valence-electron chi connectivity index (χ1n) is 6.04. The van der Waals surface area contributed by atoms with E-state index in [2.05, 4.69) is 16.8 Å². The van der Waals surface area contributed by atoms with Crippen LogP contribution in [0.2, 0.25) is 0 Å². The van der Waals surface area contributed by atoms with Crippen molar-refractivity contribution in [1.29, 1.82) is 0 Å². The number of carboxylic acids is 1. The summed E-state index contributed by atoms with van der Waals surface area (Å²) in [5.41, 5.74) is 1.25. The number of carbonyl (C=O) groups is 1. The predicted octanol–water partition coefficient (Wildman–Crippen LogP) is 2.05. The topological polar surface area (TPSA) is 83.0 Å². The van der Waals surface area contributed by atoms with Gasteiger partial charge in [0.25, 0.3) is 5.56 Å². The molecule has 0 amide bonds. The summed E-state index contributed by atoms with van der Waals surface area (Å²) in [5, 5.41) is 16.6.